The van der Waals surface area contributed by atoms with E-state index in [0.29, 0.717) is 0 Å². The Morgan fingerprint density at radius 3 is 2.14 bits per heavy atom. The zero-order valence-electron chi connectivity index (χ0n) is 22.3. The molecular weight excluding hydrogens is 486 g/mol. The molecule has 198 valence electrons. The first kappa shape index (κ1) is 28.2. The molecule has 12 heteroatoms. The summed E-state index contributed by atoms with van der Waals surface area (Å²) >= 11 is 0. The highest BCUT2D eigenvalue weighted by Gasteiger charge is 2.61. The molecule has 2 fully saturated rings. The van der Waals surface area contributed by atoms with Crippen molar-refractivity contribution in [1.29, 1.82) is 0 Å². The van der Waals surface area contributed by atoms with E-state index in [4.69, 9.17) is 17.7 Å². The van der Waals surface area contributed by atoms with E-state index in [9.17, 15) is 14.7 Å². The van der Waals surface area contributed by atoms with E-state index < -0.39 is 47.4 Å². The van der Waals surface area contributed by atoms with Crippen LogP contribution in [-0.4, -0.2) is 62.6 Å². The normalized spacial score (nSPS) is 28.3. The largest absolute Gasteiger partial charge is 0.414 e. The van der Waals surface area contributed by atoms with Gasteiger partial charge in [0.15, 0.2) is 6.23 Å². The minimum absolute atomic E-state index is 0.0989. The van der Waals surface area contributed by atoms with E-state index in [1.807, 2.05) is 0 Å². The summed E-state index contributed by atoms with van der Waals surface area (Å²) in [4.78, 5) is 28.0. The van der Waals surface area contributed by atoms with E-state index in [2.05, 4.69) is 65.7 Å². The Morgan fingerprint density at radius 1 is 1.09 bits per heavy atom. The molecule has 0 radical (unpaired) electrons. The molecule has 0 saturated carbocycles. The van der Waals surface area contributed by atoms with E-state index >= 15 is 0 Å². The van der Waals surface area contributed by atoms with E-state index in [0.717, 1.165) is 0 Å². The van der Waals surface area contributed by atoms with Gasteiger partial charge in [-0.2, -0.15) is 4.98 Å². The SMILES string of the molecule is CC(=O)Nc1ccn(C2OC3CO[Si](C(C)C)(C(C)C)O[Si](C(C)C)(C(C)C)O[C@@H]3C2O)c(=O)n1. The second-order valence-electron chi connectivity index (χ2n) is 10.8. The highest BCUT2D eigenvalue weighted by molar-refractivity contribution is 6.83. The number of nitrogens with zero attached hydrogens (tertiary/aromatic N) is 2. The third-order valence-electron chi connectivity index (χ3n) is 7.05. The van der Waals surface area contributed by atoms with Crippen LogP contribution in [0.5, 0.6) is 0 Å². The number of carbonyl (C=O) groups excluding carboxylic acids is 1. The van der Waals surface area contributed by atoms with Gasteiger partial charge in [-0.25, -0.2) is 4.79 Å². The Balaban J connectivity index is 2.03. The Labute approximate surface area is 209 Å². The van der Waals surface area contributed by atoms with Gasteiger partial charge in [0.25, 0.3) is 0 Å². The number of anilines is 1. The molecule has 0 aliphatic carbocycles. The maximum Gasteiger partial charge on any atom is 0.351 e. The molecule has 2 saturated heterocycles. The zero-order valence-corrected chi connectivity index (χ0v) is 24.3. The van der Waals surface area contributed by atoms with Gasteiger partial charge in [-0.15, -0.1) is 0 Å². The third kappa shape index (κ3) is 5.20. The van der Waals surface area contributed by atoms with Crippen LogP contribution in [-0.2, 0) is 22.5 Å². The highest BCUT2D eigenvalue weighted by Crippen LogP contribution is 2.48. The summed E-state index contributed by atoms with van der Waals surface area (Å²) in [5, 5.41) is 13.8. The summed E-state index contributed by atoms with van der Waals surface area (Å²) in [6, 6.07) is 1.50. The molecule has 0 spiro atoms. The first-order valence-corrected chi connectivity index (χ1v) is 16.4. The Morgan fingerprint density at radius 2 is 1.66 bits per heavy atom. The van der Waals surface area contributed by atoms with Crippen molar-refractivity contribution in [3.63, 3.8) is 0 Å². The summed E-state index contributed by atoms with van der Waals surface area (Å²) in [6.07, 6.45) is -1.96. The average Bonchev–Trinajstić information content (AvgIpc) is 3.01. The minimum atomic E-state index is -2.93. The van der Waals surface area contributed by atoms with Crippen LogP contribution in [0, 0.1) is 0 Å². The Hall–Kier alpha value is -1.42. The molecule has 1 aromatic rings. The van der Waals surface area contributed by atoms with E-state index in [1.165, 1.54) is 23.8 Å². The number of carbonyl (C=O) groups is 1. The number of fused-ring (bicyclic) bond motifs is 1. The zero-order chi connectivity index (χ0) is 26.3. The van der Waals surface area contributed by atoms with Crippen LogP contribution in [0.15, 0.2) is 17.1 Å². The lowest BCUT2D eigenvalue weighted by Crippen LogP contribution is -2.65. The molecule has 2 N–H and O–H groups in total. The standard InChI is InChI=1S/C23H41N3O7Si2/c1-13(2)34(14(3)4)30-12-18-21(32-35(33-34,15(5)6)16(7)8)20(28)22(31-18)26-11-10-19(24-17(9)27)25-23(26)29/h10-11,13-16,18,20-22,28H,12H2,1-9H3,(H,24,25,27,29)/t18?,20?,21-,22?/m0/s1. The molecule has 3 unspecified atom stereocenters. The number of rotatable bonds is 6. The fourth-order valence-electron chi connectivity index (χ4n) is 5.22. The van der Waals surface area contributed by atoms with Crippen LogP contribution >= 0.6 is 0 Å². The smallest absolute Gasteiger partial charge is 0.351 e. The van der Waals surface area contributed by atoms with Gasteiger partial charge in [-0.05, 0) is 28.2 Å². The molecular formula is C23H41N3O7Si2. The number of aliphatic hydroxyl groups excluding tert-OH is 1. The van der Waals surface area contributed by atoms with Crippen molar-refractivity contribution >= 4 is 28.8 Å². The third-order valence-corrected chi connectivity index (χ3v) is 17.3. The maximum absolute atomic E-state index is 12.7. The monoisotopic (exact) mass is 527 g/mol. The van der Waals surface area contributed by atoms with Gasteiger partial charge in [0.2, 0.25) is 5.91 Å². The molecule has 0 bridgehead atoms. The molecule has 35 heavy (non-hydrogen) atoms. The second kappa shape index (κ2) is 10.5. The molecule has 3 heterocycles. The molecule has 4 atom stereocenters. The number of aliphatic hydroxyl groups is 1. The number of hydrogen-bond donors (Lipinski definition) is 2. The number of nitrogens with one attached hydrogen (secondary N) is 1. The van der Waals surface area contributed by atoms with Crippen molar-refractivity contribution < 1.29 is 27.6 Å². The van der Waals surface area contributed by atoms with Crippen LogP contribution in [0.25, 0.3) is 0 Å². The fraction of sp³-hybridized carbons (Fsp3) is 0.783. The summed E-state index contributed by atoms with van der Waals surface area (Å²) in [6.45, 7) is 18.5. The lowest BCUT2D eigenvalue weighted by molar-refractivity contribution is -0.114. The van der Waals surface area contributed by atoms with E-state index in [1.54, 1.807) is 0 Å². The van der Waals surface area contributed by atoms with Gasteiger partial charge in [0.05, 0.1) is 6.61 Å². The summed E-state index contributed by atoms with van der Waals surface area (Å²) in [5.41, 5.74) is -0.0794. The van der Waals surface area contributed by atoms with Crippen molar-refractivity contribution in [2.45, 2.75) is 109 Å². The molecule has 2 aliphatic rings. The van der Waals surface area contributed by atoms with Crippen molar-refractivity contribution in [2.24, 2.45) is 0 Å². The van der Waals surface area contributed by atoms with Gasteiger partial charge in [-0.3, -0.25) is 9.36 Å². The Bertz CT molecular complexity index is 953. The number of hydrogen-bond acceptors (Lipinski definition) is 8. The van der Waals surface area contributed by atoms with Crippen molar-refractivity contribution in [2.75, 3.05) is 11.9 Å². The van der Waals surface area contributed by atoms with Crippen molar-refractivity contribution in [3.05, 3.63) is 22.7 Å². The first-order chi connectivity index (χ1) is 16.2. The van der Waals surface area contributed by atoms with Gasteiger partial charge in [0.1, 0.15) is 24.1 Å². The number of ether oxygens (including phenoxy) is 1. The molecule has 0 aromatic carbocycles. The van der Waals surface area contributed by atoms with E-state index in [-0.39, 0.29) is 40.5 Å². The van der Waals surface area contributed by atoms with Gasteiger partial charge in [0, 0.05) is 13.1 Å². The lowest BCUT2D eigenvalue weighted by atomic mass is 10.1. The van der Waals surface area contributed by atoms with Crippen LogP contribution in [0.2, 0.25) is 22.2 Å². The van der Waals surface area contributed by atoms with Gasteiger partial charge in [-0.1, -0.05) is 55.4 Å². The van der Waals surface area contributed by atoms with Crippen molar-refractivity contribution in [3.8, 4) is 0 Å². The predicted molar refractivity (Wildman–Crippen MR) is 137 cm³/mol. The van der Waals surface area contributed by atoms with Gasteiger partial charge < -0.3 is 28.1 Å². The second-order valence-corrected chi connectivity index (χ2v) is 19.6. The molecule has 1 amide bonds. The summed E-state index contributed by atoms with van der Waals surface area (Å²) < 4.78 is 28.1. The van der Waals surface area contributed by atoms with Crippen LogP contribution < -0.4 is 11.0 Å². The topological polar surface area (TPSA) is 121 Å². The summed E-state index contributed by atoms with van der Waals surface area (Å²) in [5.74, 6) is -0.191. The summed E-state index contributed by atoms with van der Waals surface area (Å²) in [7, 11) is -5.68. The minimum Gasteiger partial charge on any atom is -0.414 e. The van der Waals surface area contributed by atoms with Crippen LogP contribution in [0.4, 0.5) is 5.82 Å². The predicted octanol–water partition coefficient (Wildman–Crippen LogP) is 3.42. The maximum atomic E-state index is 12.7. The molecule has 1 aromatic heterocycles. The number of aromatic nitrogens is 2. The van der Waals surface area contributed by atoms with Crippen molar-refractivity contribution in [1.82, 2.24) is 9.55 Å². The number of amides is 1. The average molecular weight is 528 g/mol. The van der Waals surface area contributed by atoms with Crippen LogP contribution in [0.3, 0.4) is 0 Å². The van der Waals surface area contributed by atoms with Gasteiger partial charge >= 0.3 is 22.8 Å². The quantitative estimate of drug-likeness (QED) is 0.540. The molecule has 10 nitrogen and oxygen atoms in total. The highest BCUT2D eigenvalue weighted by atomic mass is 28.5. The molecule has 3 rings (SSSR count). The van der Waals surface area contributed by atoms with Crippen LogP contribution in [0.1, 0.15) is 68.5 Å². The lowest BCUT2D eigenvalue weighted by Gasteiger charge is -2.51. The Kier molecular flexibility index (Phi) is 8.46. The first-order valence-electron chi connectivity index (χ1n) is 12.5. The molecule has 2 aliphatic heterocycles. The fourth-order valence-corrected chi connectivity index (χ4v) is 16.4.